The Morgan fingerprint density at radius 1 is 1.17 bits per heavy atom. The topological polar surface area (TPSA) is 66.5 Å². The number of amides is 1. The number of hydrogen-bond acceptors (Lipinski definition) is 5. The highest BCUT2D eigenvalue weighted by molar-refractivity contribution is 6.03. The Kier molecular flexibility index (Phi) is 6.57. The number of carbonyl (C=O) groups excluding carboxylic acids is 1. The SMILES string of the molecule is COc1cccc(CNC(=O)c2cncc(-c3cc(F)cc(F)c3)c2N2CCC3(CCCN3)C2)c1F. The number of ether oxygens (including phenoxy) is 1. The number of pyridine rings is 1. The highest BCUT2D eigenvalue weighted by Gasteiger charge is 2.41. The highest BCUT2D eigenvalue weighted by Crippen LogP contribution is 2.40. The van der Waals surface area contributed by atoms with Crippen LogP contribution in [0, 0.1) is 17.5 Å². The average molecular weight is 497 g/mol. The molecule has 2 fully saturated rings. The summed E-state index contributed by atoms with van der Waals surface area (Å²) in [5.74, 6) is -2.34. The number of anilines is 1. The number of benzene rings is 2. The fourth-order valence-electron chi connectivity index (χ4n) is 5.28. The molecule has 2 aliphatic heterocycles. The van der Waals surface area contributed by atoms with Crippen molar-refractivity contribution >= 4 is 11.6 Å². The Bertz CT molecular complexity index is 1270. The monoisotopic (exact) mass is 496 g/mol. The van der Waals surface area contributed by atoms with Crippen molar-refractivity contribution in [1.82, 2.24) is 15.6 Å². The fourth-order valence-corrected chi connectivity index (χ4v) is 5.28. The third-order valence-corrected chi connectivity index (χ3v) is 7.04. The van der Waals surface area contributed by atoms with E-state index in [1.165, 1.54) is 37.7 Å². The Labute approximate surface area is 207 Å². The molecule has 2 saturated heterocycles. The lowest BCUT2D eigenvalue weighted by molar-refractivity contribution is 0.0950. The number of nitrogens with one attached hydrogen (secondary N) is 2. The molecule has 3 heterocycles. The first-order chi connectivity index (χ1) is 17.4. The smallest absolute Gasteiger partial charge is 0.255 e. The highest BCUT2D eigenvalue weighted by atomic mass is 19.1. The molecule has 1 amide bonds. The number of methoxy groups -OCH3 is 1. The summed E-state index contributed by atoms with van der Waals surface area (Å²) in [7, 11) is 1.38. The second kappa shape index (κ2) is 9.81. The van der Waals surface area contributed by atoms with Crippen LogP contribution >= 0.6 is 0 Å². The lowest BCUT2D eigenvalue weighted by atomic mass is 9.96. The molecular weight excluding hydrogens is 469 g/mol. The van der Waals surface area contributed by atoms with Gasteiger partial charge in [-0.1, -0.05) is 12.1 Å². The molecule has 0 aliphatic carbocycles. The molecule has 1 unspecified atom stereocenters. The van der Waals surface area contributed by atoms with E-state index < -0.39 is 23.4 Å². The molecule has 0 saturated carbocycles. The van der Waals surface area contributed by atoms with Crippen molar-refractivity contribution in [2.45, 2.75) is 31.3 Å². The lowest BCUT2D eigenvalue weighted by Crippen LogP contribution is -2.42. The first kappa shape index (κ1) is 24.1. The molecule has 1 spiro atoms. The zero-order valence-electron chi connectivity index (χ0n) is 19.9. The van der Waals surface area contributed by atoms with Crippen LogP contribution in [0.25, 0.3) is 11.1 Å². The predicted molar refractivity (Wildman–Crippen MR) is 131 cm³/mol. The molecule has 5 rings (SSSR count). The van der Waals surface area contributed by atoms with Gasteiger partial charge in [-0.25, -0.2) is 13.2 Å². The minimum atomic E-state index is -0.713. The van der Waals surface area contributed by atoms with Crippen molar-refractivity contribution in [2.75, 3.05) is 31.6 Å². The summed E-state index contributed by atoms with van der Waals surface area (Å²) in [6.07, 6.45) is 5.96. The molecule has 2 aromatic carbocycles. The van der Waals surface area contributed by atoms with Gasteiger partial charge in [0.25, 0.3) is 5.91 Å². The average Bonchev–Trinajstić information content (AvgIpc) is 3.51. The maximum absolute atomic E-state index is 14.6. The summed E-state index contributed by atoms with van der Waals surface area (Å²) in [5, 5.41) is 6.36. The van der Waals surface area contributed by atoms with E-state index in [0.717, 1.165) is 31.9 Å². The van der Waals surface area contributed by atoms with Gasteiger partial charge in [0.05, 0.1) is 18.4 Å². The predicted octanol–water partition coefficient (Wildman–Crippen LogP) is 4.44. The van der Waals surface area contributed by atoms with Gasteiger partial charge < -0.3 is 20.3 Å². The van der Waals surface area contributed by atoms with Crippen molar-refractivity contribution < 1.29 is 22.7 Å². The summed E-state index contributed by atoms with van der Waals surface area (Å²) in [5.41, 5.74) is 1.80. The molecule has 2 N–H and O–H groups in total. The van der Waals surface area contributed by atoms with Crippen molar-refractivity contribution in [3.63, 3.8) is 0 Å². The van der Waals surface area contributed by atoms with E-state index in [9.17, 15) is 18.0 Å². The standard InChI is InChI=1S/C27H27F3N4O2/c1-36-23-5-2-4-17(24(23)30)13-32-26(35)22-15-31-14-21(18-10-19(28)12-20(29)11-18)25(22)34-9-7-27(16-34)6-3-8-33-27/h2,4-5,10-12,14-15,33H,3,6-9,13,16H2,1H3,(H,32,35). The second-order valence-corrected chi connectivity index (χ2v) is 9.34. The van der Waals surface area contributed by atoms with Crippen LogP contribution in [0.15, 0.2) is 48.8 Å². The maximum atomic E-state index is 14.6. The van der Waals surface area contributed by atoms with E-state index in [-0.39, 0.29) is 29.0 Å². The Balaban J connectivity index is 1.51. The second-order valence-electron chi connectivity index (χ2n) is 9.34. The van der Waals surface area contributed by atoms with E-state index in [0.29, 0.717) is 29.9 Å². The third kappa shape index (κ3) is 4.63. The maximum Gasteiger partial charge on any atom is 0.255 e. The number of halogens is 3. The molecule has 188 valence electrons. The van der Waals surface area contributed by atoms with E-state index in [4.69, 9.17) is 4.74 Å². The lowest BCUT2D eigenvalue weighted by Gasteiger charge is -2.28. The van der Waals surface area contributed by atoms with Crippen LogP contribution in [0.2, 0.25) is 0 Å². The van der Waals surface area contributed by atoms with Gasteiger partial charge in [-0.3, -0.25) is 9.78 Å². The Hall–Kier alpha value is -3.59. The molecule has 2 aliphatic rings. The van der Waals surface area contributed by atoms with E-state index in [2.05, 4.69) is 20.5 Å². The molecule has 1 atom stereocenters. The van der Waals surface area contributed by atoms with Crippen LogP contribution in [0.3, 0.4) is 0 Å². The zero-order chi connectivity index (χ0) is 25.3. The minimum Gasteiger partial charge on any atom is -0.494 e. The van der Waals surface area contributed by atoms with E-state index >= 15 is 0 Å². The molecule has 36 heavy (non-hydrogen) atoms. The van der Waals surface area contributed by atoms with Gasteiger partial charge in [-0.15, -0.1) is 0 Å². The number of carbonyl (C=O) groups is 1. The Morgan fingerprint density at radius 3 is 2.69 bits per heavy atom. The molecule has 1 aromatic heterocycles. The van der Waals surface area contributed by atoms with Crippen LogP contribution in [-0.2, 0) is 6.54 Å². The van der Waals surface area contributed by atoms with Gasteiger partial charge in [0.15, 0.2) is 11.6 Å². The summed E-state index contributed by atoms with van der Waals surface area (Å²) in [4.78, 5) is 19.7. The quantitative estimate of drug-likeness (QED) is 0.529. The van der Waals surface area contributed by atoms with Gasteiger partial charge in [0.1, 0.15) is 11.6 Å². The molecule has 6 nitrogen and oxygen atoms in total. The number of aromatic nitrogens is 1. The summed E-state index contributed by atoms with van der Waals surface area (Å²) in [6, 6.07) is 7.99. The van der Waals surface area contributed by atoms with Crippen molar-refractivity contribution in [3.8, 4) is 16.9 Å². The molecular formula is C27H27F3N4O2. The van der Waals surface area contributed by atoms with Crippen LogP contribution in [0.5, 0.6) is 5.75 Å². The molecule has 3 aromatic rings. The first-order valence-electron chi connectivity index (χ1n) is 11.9. The van der Waals surface area contributed by atoms with Gasteiger partial charge in [-0.05, 0) is 49.6 Å². The summed E-state index contributed by atoms with van der Waals surface area (Å²) >= 11 is 0. The van der Waals surface area contributed by atoms with Gasteiger partial charge in [0, 0.05) is 54.8 Å². The molecule has 0 bridgehead atoms. The van der Waals surface area contributed by atoms with Crippen LogP contribution in [-0.4, -0.2) is 43.2 Å². The third-order valence-electron chi connectivity index (χ3n) is 7.04. The van der Waals surface area contributed by atoms with Crippen LogP contribution < -0.4 is 20.3 Å². The van der Waals surface area contributed by atoms with E-state index in [1.54, 1.807) is 12.1 Å². The molecule has 0 radical (unpaired) electrons. The number of rotatable bonds is 6. The number of nitrogens with zero attached hydrogens (tertiary/aromatic N) is 2. The molecule has 9 heteroatoms. The van der Waals surface area contributed by atoms with Gasteiger partial charge in [0.2, 0.25) is 0 Å². The minimum absolute atomic E-state index is 0.0504. The van der Waals surface area contributed by atoms with Crippen molar-refractivity contribution in [1.29, 1.82) is 0 Å². The van der Waals surface area contributed by atoms with Crippen LogP contribution in [0.4, 0.5) is 18.9 Å². The zero-order valence-corrected chi connectivity index (χ0v) is 19.9. The fraction of sp³-hybridized carbons (Fsp3) is 0.333. The summed E-state index contributed by atoms with van der Waals surface area (Å²) in [6.45, 7) is 2.20. The normalized spacial score (nSPS) is 19.2. The van der Waals surface area contributed by atoms with Crippen LogP contribution in [0.1, 0.15) is 35.2 Å². The van der Waals surface area contributed by atoms with Crippen molar-refractivity contribution in [2.24, 2.45) is 0 Å². The Morgan fingerprint density at radius 2 is 1.97 bits per heavy atom. The first-order valence-corrected chi connectivity index (χ1v) is 11.9. The van der Waals surface area contributed by atoms with E-state index in [1.807, 2.05) is 0 Å². The van der Waals surface area contributed by atoms with Gasteiger partial charge >= 0.3 is 0 Å². The van der Waals surface area contributed by atoms with Gasteiger partial charge in [-0.2, -0.15) is 0 Å². The number of hydrogen-bond donors (Lipinski definition) is 2. The van der Waals surface area contributed by atoms with Crippen molar-refractivity contribution in [3.05, 3.63) is 77.4 Å². The summed E-state index contributed by atoms with van der Waals surface area (Å²) < 4.78 is 47.9. The largest absolute Gasteiger partial charge is 0.494 e.